The van der Waals surface area contributed by atoms with E-state index in [0.717, 1.165) is 11.8 Å². The predicted molar refractivity (Wildman–Crippen MR) is 65.6 cm³/mol. The molecular weight excluding hydrogens is 210 g/mol. The number of thioether (sulfide) groups is 1. The van der Waals surface area contributed by atoms with E-state index >= 15 is 0 Å². The average molecular weight is 231 g/mol. The monoisotopic (exact) mass is 231 g/mol. The zero-order chi connectivity index (χ0) is 11.1. The number of hydrogen-bond donors (Lipinski definition) is 3. The lowest BCUT2D eigenvalue weighted by molar-refractivity contribution is 0.316. The quantitative estimate of drug-likeness (QED) is 0.279. The van der Waals surface area contributed by atoms with Gasteiger partial charge < -0.3 is 16.3 Å². The Morgan fingerprint density at radius 1 is 1.60 bits per heavy atom. The van der Waals surface area contributed by atoms with Crippen LogP contribution in [0.25, 0.3) is 0 Å². The molecule has 1 aliphatic rings. The molecule has 2 unspecified atom stereocenters. The van der Waals surface area contributed by atoms with Crippen molar-refractivity contribution in [3.05, 3.63) is 0 Å². The van der Waals surface area contributed by atoms with Gasteiger partial charge in [0.15, 0.2) is 0 Å². The van der Waals surface area contributed by atoms with Crippen molar-refractivity contribution in [1.82, 2.24) is 5.32 Å². The van der Waals surface area contributed by atoms with Crippen molar-refractivity contribution in [1.29, 1.82) is 0 Å². The summed E-state index contributed by atoms with van der Waals surface area (Å²) in [6.45, 7) is 3.01. The van der Waals surface area contributed by atoms with Gasteiger partial charge in [-0.05, 0) is 18.6 Å². The number of nitrogens with two attached hydrogens (primary N) is 1. The van der Waals surface area contributed by atoms with Gasteiger partial charge in [-0.25, -0.2) is 0 Å². The molecule has 1 aliphatic carbocycles. The SMILES string of the molecule is CCSC1CCCC1NCCC(N)=NO. The lowest BCUT2D eigenvalue weighted by Gasteiger charge is -2.19. The number of oxime groups is 1. The normalized spacial score (nSPS) is 27.1. The van der Waals surface area contributed by atoms with Crippen molar-refractivity contribution in [3.63, 3.8) is 0 Å². The van der Waals surface area contributed by atoms with Crippen LogP contribution in [0.3, 0.4) is 0 Å². The zero-order valence-corrected chi connectivity index (χ0v) is 10.1. The Bertz CT molecular complexity index is 211. The molecule has 4 nitrogen and oxygen atoms in total. The third-order valence-electron chi connectivity index (χ3n) is 2.75. The van der Waals surface area contributed by atoms with Crippen molar-refractivity contribution in [3.8, 4) is 0 Å². The number of nitrogens with one attached hydrogen (secondary N) is 1. The molecule has 2 atom stereocenters. The molecule has 1 rings (SSSR count). The molecule has 88 valence electrons. The van der Waals surface area contributed by atoms with Crippen LogP contribution in [-0.4, -0.2) is 34.6 Å². The number of amidine groups is 1. The summed E-state index contributed by atoms with van der Waals surface area (Å²) in [7, 11) is 0. The fourth-order valence-corrected chi connectivity index (χ4v) is 3.23. The summed E-state index contributed by atoms with van der Waals surface area (Å²) in [6, 6.07) is 0.612. The Morgan fingerprint density at radius 2 is 2.40 bits per heavy atom. The first-order valence-electron chi connectivity index (χ1n) is 5.59. The first-order valence-corrected chi connectivity index (χ1v) is 6.64. The van der Waals surface area contributed by atoms with Crippen molar-refractivity contribution < 1.29 is 5.21 Å². The summed E-state index contributed by atoms with van der Waals surface area (Å²) >= 11 is 2.04. The summed E-state index contributed by atoms with van der Waals surface area (Å²) < 4.78 is 0. The Morgan fingerprint density at radius 3 is 3.07 bits per heavy atom. The first-order chi connectivity index (χ1) is 7.27. The highest BCUT2D eigenvalue weighted by Gasteiger charge is 2.26. The second-order valence-corrected chi connectivity index (χ2v) is 5.34. The van der Waals surface area contributed by atoms with E-state index in [0.29, 0.717) is 18.3 Å². The minimum absolute atomic E-state index is 0.306. The first kappa shape index (κ1) is 12.6. The second kappa shape index (κ2) is 6.95. The van der Waals surface area contributed by atoms with Crippen molar-refractivity contribution in [2.24, 2.45) is 10.9 Å². The summed E-state index contributed by atoms with van der Waals surface area (Å²) in [4.78, 5) is 0. The van der Waals surface area contributed by atoms with Gasteiger partial charge in [-0.15, -0.1) is 0 Å². The van der Waals surface area contributed by atoms with Crippen LogP contribution < -0.4 is 11.1 Å². The van der Waals surface area contributed by atoms with Crippen LogP contribution in [0, 0.1) is 0 Å². The van der Waals surface area contributed by atoms with Crippen LogP contribution in [-0.2, 0) is 0 Å². The minimum Gasteiger partial charge on any atom is -0.409 e. The molecule has 0 amide bonds. The maximum Gasteiger partial charge on any atom is 0.140 e. The zero-order valence-electron chi connectivity index (χ0n) is 9.28. The maximum atomic E-state index is 8.39. The van der Waals surface area contributed by atoms with Crippen molar-refractivity contribution in [2.75, 3.05) is 12.3 Å². The van der Waals surface area contributed by atoms with Crippen molar-refractivity contribution in [2.45, 2.75) is 43.9 Å². The van der Waals surface area contributed by atoms with Gasteiger partial charge in [0.25, 0.3) is 0 Å². The van der Waals surface area contributed by atoms with E-state index in [1.165, 1.54) is 25.0 Å². The van der Waals surface area contributed by atoms with E-state index in [2.05, 4.69) is 17.4 Å². The molecular formula is C10H21N3OS. The summed E-state index contributed by atoms with van der Waals surface area (Å²) in [5.74, 6) is 1.49. The Kier molecular flexibility index (Phi) is 5.86. The molecule has 1 saturated carbocycles. The number of hydrogen-bond acceptors (Lipinski definition) is 4. The van der Waals surface area contributed by atoms with Crippen LogP contribution in [0.5, 0.6) is 0 Å². The van der Waals surface area contributed by atoms with E-state index in [1.807, 2.05) is 11.8 Å². The van der Waals surface area contributed by atoms with Crippen LogP contribution in [0.4, 0.5) is 0 Å². The highest BCUT2D eigenvalue weighted by Crippen LogP contribution is 2.29. The molecule has 0 saturated heterocycles. The van der Waals surface area contributed by atoms with Gasteiger partial charge in [-0.3, -0.25) is 0 Å². The highest BCUT2D eigenvalue weighted by molar-refractivity contribution is 7.99. The van der Waals surface area contributed by atoms with Gasteiger partial charge in [-0.2, -0.15) is 11.8 Å². The Balaban J connectivity index is 2.19. The van der Waals surface area contributed by atoms with E-state index < -0.39 is 0 Å². The molecule has 5 heteroatoms. The van der Waals surface area contributed by atoms with E-state index in [9.17, 15) is 0 Å². The molecule has 0 aromatic heterocycles. The fourth-order valence-electron chi connectivity index (χ4n) is 2.01. The third-order valence-corrected chi connectivity index (χ3v) is 4.08. The lowest BCUT2D eigenvalue weighted by atomic mass is 10.2. The average Bonchev–Trinajstić information content (AvgIpc) is 2.66. The largest absolute Gasteiger partial charge is 0.409 e. The minimum atomic E-state index is 0.306. The van der Waals surface area contributed by atoms with Crippen LogP contribution in [0.15, 0.2) is 5.16 Å². The molecule has 15 heavy (non-hydrogen) atoms. The maximum absolute atomic E-state index is 8.39. The summed E-state index contributed by atoms with van der Waals surface area (Å²) in [5.41, 5.74) is 5.41. The fraction of sp³-hybridized carbons (Fsp3) is 0.900. The molecule has 0 radical (unpaired) electrons. The summed E-state index contributed by atoms with van der Waals surface area (Å²) in [6.07, 6.45) is 4.52. The van der Waals surface area contributed by atoms with Crippen LogP contribution in [0.2, 0.25) is 0 Å². The van der Waals surface area contributed by atoms with Gasteiger partial charge in [-0.1, -0.05) is 18.5 Å². The van der Waals surface area contributed by atoms with Gasteiger partial charge in [0.05, 0.1) is 0 Å². The standard InChI is InChI=1S/C10H21N3OS/c1-2-15-9-5-3-4-8(9)12-7-6-10(11)13-14/h8-9,12,14H,2-7H2,1H3,(H2,11,13). The second-order valence-electron chi connectivity index (χ2n) is 3.83. The van der Waals surface area contributed by atoms with E-state index in [4.69, 9.17) is 10.9 Å². The molecule has 1 fully saturated rings. The Labute approximate surface area is 95.7 Å². The smallest absolute Gasteiger partial charge is 0.140 e. The highest BCUT2D eigenvalue weighted by atomic mass is 32.2. The molecule has 0 bridgehead atoms. The van der Waals surface area contributed by atoms with Crippen LogP contribution in [0.1, 0.15) is 32.6 Å². The van der Waals surface area contributed by atoms with Crippen LogP contribution >= 0.6 is 11.8 Å². The Hall–Kier alpha value is -0.420. The topological polar surface area (TPSA) is 70.6 Å². The third kappa shape index (κ3) is 4.30. The van der Waals surface area contributed by atoms with E-state index in [1.54, 1.807) is 0 Å². The molecule has 0 spiro atoms. The molecule has 0 heterocycles. The van der Waals surface area contributed by atoms with Gasteiger partial charge in [0.1, 0.15) is 5.84 Å². The van der Waals surface area contributed by atoms with Gasteiger partial charge in [0, 0.05) is 24.3 Å². The van der Waals surface area contributed by atoms with Gasteiger partial charge >= 0.3 is 0 Å². The molecule has 0 aliphatic heterocycles. The summed E-state index contributed by atoms with van der Waals surface area (Å²) in [5, 5.41) is 15.6. The number of rotatable bonds is 6. The van der Waals surface area contributed by atoms with Gasteiger partial charge in [0.2, 0.25) is 0 Å². The predicted octanol–water partition coefficient (Wildman–Crippen LogP) is 1.39. The van der Waals surface area contributed by atoms with Crippen molar-refractivity contribution >= 4 is 17.6 Å². The molecule has 0 aromatic rings. The lowest BCUT2D eigenvalue weighted by Crippen LogP contribution is -2.36. The van der Waals surface area contributed by atoms with E-state index in [-0.39, 0.29) is 0 Å². The molecule has 4 N–H and O–H groups in total. The number of nitrogens with zero attached hydrogens (tertiary/aromatic N) is 1. The molecule has 0 aromatic carbocycles.